The van der Waals surface area contributed by atoms with E-state index in [1.807, 2.05) is 0 Å². The summed E-state index contributed by atoms with van der Waals surface area (Å²) in [5.41, 5.74) is 5.22. The number of hydrogen-bond acceptors (Lipinski definition) is 2. The Kier molecular flexibility index (Phi) is 2.30. The van der Waals surface area contributed by atoms with Gasteiger partial charge in [0.05, 0.1) is 0 Å². The zero-order valence-corrected chi connectivity index (χ0v) is 5.19. The van der Waals surface area contributed by atoms with Crippen LogP contribution in [0, 0.1) is 5.92 Å². The fraction of sp³-hybridized carbons (Fsp3) is 1.00. The highest BCUT2D eigenvalue weighted by Crippen LogP contribution is 2.31. The van der Waals surface area contributed by atoms with Crippen molar-refractivity contribution in [1.82, 2.24) is 5.32 Å². The maximum atomic E-state index is 5.22. The van der Waals surface area contributed by atoms with Gasteiger partial charge in [-0.2, -0.15) is 0 Å². The molecule has 0 amide bonds. The lowest BCUT2D eigenvalue weighted by Gasteiger charge is -1.96. The predicted molar refractivity (Wildman–Crippen MR) is 34.4 cm³/mol. The first kappa shape index (κ1) is 6.05. The van der Waals surface area contributed by atoms with E-state index in [4.69, 9.17) is 5.73 Å². The number of nitrogens with one attached hydrogen (secondary N) is 1. The van der Waals surface area contributed by atoms with Crippen LogP contribution in [0.25, 0.3) is 0 Å². The van der Waals surface area contributed by atoms with E-state index in [0.717, 1.165) is 12.5 Å². The molecule has 8 heavy (non-hydrogen) atoms. The Bertz CT molecular complexity index is 59.5. The SMILES string of the molecule is NCNCCC1CC1. The second-order valence-corrected chi connectivity index (χ2v) is 2.44. The van der Waals surface area contributed by atoms with Crippen LogP contribution in [-0.4, -0.2) is 13.2 Å². The topological polar surface area (TPSA) is 38.0 Å². The van der Waals surface area contributed by atoms with E-state index in [1.165, 1.54) is 19.3 Å². The van der Waals surface area contributed by atoms with Crippen molar-refractivity contribution in [1.29, 1.82) is 0 Å². The summed E-state index contributed by atoms with van der Waals surface area (Å²) in [6.07, 6.45) is 4.23. The van der Waals surface area contributed by atoms with Crippen molar-refractivity contribution in [2.24, 2.45) is 11.7 Å². The van der Waals surface area contributed by atoms with E-state index >= 15 is 0 Å². The van der Waals surface area contributed by atoms with Crippen molar-refractivity contribution < 1.29 is 0 Å². The normalized spacial score (nSPS) is 19.1. The molecule has 2 heteroatoms. The molecule has 0 saturated heterocycles. The van der Waals surface area contributed by atoms with Gasteiger partial charge in [-0.05, 0) is 18.9 Å². The van der Waals surface area contributed by atoms with Gasteiger partial charge in [-0.3, -0.25) is 0 Å². The first-order chi connectivity index (χ1) is 3.93. The maximum absolute atomic E-state index is 5.22. The van der Waals surface area contributed by atoms with Gasteiger partial charge in [0.25, 0.3) is 0 Å². The lowest BCUT2D eigenvalue weighted by molar-refractivity contribution is 0.622. The zero-order valence-electron chi connectivity index (χ0n) is 5.19. The van der Waals surface area contributed by atoms with Crippen LogP contribution in [0.3, 0.4) is 0 Å². The molecule has 0 bridgehead atoms. The molecule has 48 valence electrons. The van der Waals surface area contributed by atoms with Crippen LogP contribution in [0.4, 0.5) is 0 Å². The fourth-order valence-electron chi connectivity index (χ4n) is 0.815. The largest absolute Gasteiger partial charge is 0.318 e. The monoisotopic (exact) mass is 114 g/mol. The maximum Gasteiger partial charge on any atom is 0.0428 e. The molecule has 0 aliphatic heterocycles. The summed E-state index contributed by atoms with van der Waals surface area (Å²) >= 11 is 0. The van der Waals surface area contributed by atoms with Gasteiger partial charge in [0.15, 0.2) is 0 Å². The van der Waals surface area contributed by atoms with E-state index in [1.54, 1.807) is 0 Å². The van der Waals surface area contributed by atoms with Crippen molar-refractivity contribution in [3.8, 4) is 0 Å². The first-order valence-corrected chi connectivity index (χ1v) is 3.34. The highest BCUT2D eigenvalue weighted by atomic mass is 14.9. The number of hydrogen-bond donors (Lipinski definition) is 2. The summed E-state index contributed by atoms with van der Waals surface area (Å²) in [6, 6.07) is 0. The average Bonchev–Trinajstić information content (AvgIpc) is 2.51. The van der Waals surface area contributed by atoms with Crippen molar-refractivity contribution >= 4 is 0 Å². The van der Waals surface area contributed by atoms with E-state index < -0.39 is 0 Å². The molecule has 0 aromatic rings. The third-order valence-electron chi connectivity index (χ3n) is 1.57. The second kappa shape index (κ2) is 3.05. The first-order valence-electron chi connectivity index (χ1n) is 3.34. The molecule has 0 spiro atoms. The molecule has 1 aliphatic carbocycles. The molecule has 3 N–H and O–H groups in total. The Morgan fingerprint density at radius 3 is 2.75 bits per heavy atom. The summed E-state index contributed by atoms with van der Waals surface area (Å²) in [4.78, 5) is 0. The molecular weight excluding hydrogens is 100 g/mol. The Labute approximate surface area is 50.4 Å². The van der Waals surface area contributed by atoms with Crippen LogP contribution < -0.4 is 11.1 Å². The lowest BCUT2D eigenvalue weighted by Crippen LogP contribution is -2.23. The highest BCUT2D eigenvalue weighted by Gasteiger charge is 2.19. The van der Waals surface area contributed by atoms with Crippen LogP contribution in [0.5, 0.6) is 0 Å². The third-order valence-corrected chi connectivity index (χ3v) is 1.57. The van der Waals surface area contributed by atoms with Crippen molar-refractivity contribution in [3.63, 3.8) is 0 Å². The number of rotatable bonds is 4. The minimum Gasteiger partial charge on any atom is -0.318 e. The van der Waals surface area contributed by atoms with Crippen LogP contribution in [0.1, 0.15) is 19.3 Å². The predicted octanol–water partition coefficient (Wildman–Crippen LogP) is 0.292. The summed E-state index contributed by atoms with van der Waals surface area (Å²) < 4.78 is 0. The quantitative estimate of drug-likeness (QED) is 0.407. The van der Waals surface area contributed by atoms with Gasteiger partial charge in [0.1, 0.15) is 0 Å². The van der Waals surface area contributed by atoms with Gasteiger partial charge < -0.3 is 11.1 Å². The summed E-state index contributed by atoms with van der Waals surface area (Å²) in [5, 5.41) is 3.10. The van der Waals surface area contributed by atoms with Crippen LogP contribution in [0.2, 0.25) is 0 Å². The van der Waals surface area contributed by atoms with Crippen LogP contribution in [-0.2, 0) is 0 Å². The number of nitrogens with two attached hydrogens (primary N) is 1. The van der Waals surface area contributed by atoms with Crippen molar-refractivity contribution in [3.05, 3.63) is 0 Å². The van der Waals surface area contributed by atoms with Gasteiger partial charge in [0, 0.05) is 6.67 Å². The lowest BCUT2D eigenvalue weighted by atomic mass is 10.3. The summed E-state index contributed by atoms with van der Waals surface area (Å²) in [5.74, 6) is 1.04. The van der Waals surface area contributed by atoms with E-state index in [2.05, 4.69) is 5.32 Å². The minimum atomic E-state index is 0.632. The Hall–Kier alpha value is -0.0800. The molecular formula is C6H14N2. The molecule has 1 saturated carbocycles. The molecule has 2 nitrogen and oxygen atoms in total. The van der Waals surface area contributed by atoms with Crippen molar-refractivity contribution in [2.45, 2.75) is 19.3 Å². The zero-order chi connectivity index (χ0) is 5.82. The molecule has 0 aromatic carbocycles. The summed E-state index contributed by atoms with van der Waals surface area (Å²) in [6.45, 7) is 1.74. The molecule has 1 fully saturated rings. The Morgan fingerprint density at radius 2 is 2.25 bits per heavy atom. The molecule has 0 heterocycles. The van der Waals surface area contributed by atoms with Gasteiger partial charge in [-0.25, -0.2) is 0 Å². The molecule has 0 atom stereocenters. The van der Waals surface area contributed by atoms with E-state index in [9.17, 15) is 0 Å². The molecule has 1 rings (SSSR count). The van der Waals surface area contributed by atoms with Crippen LogP contribution in [0.15, 0.2) is 0 Å². The molecule has 0 aromatic heterocycles. The highest BCUT2D eigenvalue weighted by molar-refractivity contribution is 4.73. The van der Waals surface area contributed by atoms with Crippen molar-refractivity contribution in [2.75, 3.05) is 13.2 Å². The van der Waals surface area contributed by atoms with E-state index in [0.29, 0.717) is 6.67 Å². The van der Waals surface area contributed by atoms with Gasteiger partial charge in [-0.15, -0.1) is 0 Å². The van der Waals surface area contributed by atoms with Crippen LogP contribution >= 0.6 is 0 Å². The standard InChI is InChI=1S/C6H14N2/c7-5-8-4-3-6-1-2-6/h6,8H,1-5,7H2. The average molecular weight is 114 g/mol. The van der Waals surface area contributed by atoms with Gasteiger partial charge >= 0.3 is 0 Å². The smallest absolute Gasteiger partial charge is 0.0428 e. The molecule has 1 aliphatic rings. The molecule has 0 unspecified atom stereocenters. The minimum absolute atomic E-state index is 0.632. The Morgan fingerprint density at radius 1 is 1.50 bits per heavy atom. The third kappa shape index (κ3) is 2.28. The van der Waals surface area contributed by atoms with E-state index in [-0.39, 0.29) is 0 Å². The van der Waals surface area contributed by atoms with Gasteiger partial charge in [0.2, 0.25) is 0 Å². The summed E-state index contributed by atoms with van der Waals surface area (Å²) in [7, 11) is 0. The fourth-order valence-corrected chi connectivity index (χ4v) is 0.815. The van der Waals surface area contributed by atoms with Gasteiger partial charge in [-0.1, -0.05) is 12.8 Å². The Balaban J connectivity index is 1.74. The molecule has 0 radical (unpaired) electrons. The second-order valence-electron chi connectivity index (χ2n) is 2.44.